The monoisotopic (exact) mass is 689 g/mol. The van der Waals surface area contributed by atoms with Crippen molar-refractivity contribution in [2.24, 2.45) is 10.9 Å². The minimum Gasteiger partial charge on any atom is -0.309 e. The third-order valence-corrected chi connectivity index (χ3v) is 11.3. The van der Waals surface area contributed by atoms with Gasteiger partial charge < -0.3 is 4.57 Å². The van der Waals surface area contributed by atoms with E-state index >= 15 is 0 Å². The molecule has 0 radical (unpaired) electrons. The highest BCUT2D eigenvalue weighted by atomic mass is 15.1. The molecular formula is C51H35N3. The largest absolute Gasteiger partial charge is 0.309 e. The molecule has 0 bridgehead atoms. The summed E-state index contributed by atoms with van der Waals surface area (Å²) < 4.78 is 4.73. The molecule has 9 aromatic rings. The lowest BCUT2D eigenvalue weighted by molar-refractivity contribution is 0.765. The average molecular weight is 690 g/mol. The van der Waals surface area contributed by atoms with Gasteiger partial charge in [-0.15, -0.1) is 0 Å². The van der Waals surface area contributed by atoms with Crippen molar-refractivity contribution in [2.45, 2.75) is 6.42 Å². The van der Waals surface area contributed by atoms with Crippen LogP contribution in [0.4, 0.5) is 0 Å². The third kappa shape index (κ3) is 4.86. The fourth-order valence-corrected chi connectivity index (χ4v) is 8.72. The zero-order valence-electron chi connectivity index (χ0n) is 29.6. The summed E-state index contributed by atoms with van der Waals surface area (Å²) >= 11 is 0. The Hall–Kier alpha value is -6.97. The van der Waals surface area contributed by atoms with Gasteiger partial charge in [0.25, 0.3) is 0 Å². The summed E-state index contributed by atoms with van der Waals surface area (Å²) in [5.74, 6) is 1.17. The van der Waals surface area contributed by atoms with Gasteiger partial charge in [0, 0.05) is 33.2 Å². The van der Waals surface area contributed by atoms with Crippen LogP contribution in [0.3, 0.4) is 0 Å². The van der Waals surface area contributed by atoms with Crippen molar-refractivity contribution in [3.05, 3.63) is 205 Å². The van der Waals surface area contributed by atoms with Gasteiger partial charge in [0.1, 0.15) is 5.84 Å². The Bertz CT molecular complexity index is 3040. The van der Waals surface area contributed by atoms with Gasteiger partial charge >= 0.3 is 0 Å². The normalized spacial score (nSPS) is 15.4. The summed E-state index contributed by atoms with van der Waals surface area (Å²) in [5, 5.41) is 4.96. The first kappa shape index (κ1) is 30.6. The summed E-state index contributed by atoms with van der Waals surface area (Å²) in [6, 6.07) is 61.6. The minimum atomic E-state index is 0.226. The molecule has 0 saturated carbocycles. The first-order valence-electron chi connectivity index (χ1n) is 18.7. The molecule has 1 atom stereocenters. The molecule has 1 aliphatic carbocycles. The molecule has 1 aliphatic heterocycles. The Morgan fingerprint density at radius 2 is 0.963 bits per heavy atom. The highest BCUT2D eigenvalue weighted by Gasteiger charge is 2.27. The first-order chi connectivity index (χ1) is 26.8. The van der Waals surface area contributed by atoms with E-state index in [4.69, 9.17) is 4.99 Å². The zero-order chi connectivity index (χ0) is 35.6. The van der Waals surface area contributed by atoms with Crippen molar-refractivity contribution in [1.82, 2.24) is 9.13 Å². The van der Waals surface area contributed by atoms with Crippen LogP contribution >= 0.6 is 0 Å². The van der Waals surface area contributed by atoms with E-state index in [1.54, 1.807) is 0 Å². The van der Waals surface area contributed by atoms with E-state index < -0.39 is 0 Å². The summed E-state index contributed by atoms with van der Waals surface area (Å²) in [5.41, 5.74) is 14.4. The van der Waals surface area contributed by atoms with Crippen molar-refractivity contribution in [2.75, 3.05) is 0 Å². The number of dihydropyridines is 1. The zero-order valence-corrected chi connectivity index (χ0v) is 29.6. The number of hydrogen-bond acceptors (Lipinski definition) is 1. The molecule has 0 fully saturated rings. The molecule has 0 spiro atoms. The van der Waals surface area contributed by atoms with Crippen molar-refractivity contribution < 1.29 is 0 Å². The number of para-hydroxylation sites is 3. The van der Waals surface area contributed by atoms with E-state index in [0.29, 0.717) is 0 Å². The van der Waals surface area contributed by atoms with Crippen LogP contribution in [0, 0.1) is 5.92 Å². The molecule has 254 valence electrons. The Balaban J connectivity index is 1.05. The lowest BCUT2D eigenvalue weighted by Crippen LogP contribution is -2.19. The van der Waals surface area contributed by atoms with Crippen LogP contribution in [-0.2, 0) is 0 Å². The van der Waals surface area contributed by atoms with Crippen LogP contribution in [0.15, 0.2) is 205 Å². The molecule has 0 N–H and O–H groups in total. The molecule has 2 aliphatic rings. The standard InChI is InChI=1S/C51H35N3/c1-3-13-34(14-4-1)35-23-25-36(26-24-35)43-33-51(52-46-20-10-7-17-40(43)46)54-48-22-12-9-19-42(48)45-32-38(28-30-50(45)54)37-27-29-49-44(31-37)41-18-8-11-21-47(41)53(49)39-15-5-2-6-16-39/h1-16,18-33,40H,17H2. The van der Waals surface area contributed by atoms with Crippen molar-refractivity contribution in [3.63, 3.8) is 0 Å². The molecule has 0 saturated heterocycles. The van der Waals surface area contributed by atoms with E-state index in [1.165, 1.54) is 71.7 Å². The summed E-state index contributed by atoms with van der Waals surface area (Å²) in [6.07, 6.45) is 9.88. The predicted molar refractivity (Wildman–Crippen MR) is 227 cm³/mol. The molecule has 0 amide bonds. The maximum atomic E-state index is 5.37. The summed E-state index contributed by atoms with van der Waals surface area (Å²) in [6.45, 7) is 0. The van der Waals surface area contributed by atoms with Gasteiger partial charge in [-0.3, -0.25) is 4.57 Å². The highest BCUT2D eigenvalue weighted by Crippen LogP contribution is 2.41. The van der Waals surface area contributed by atoms with Crippen LogP contribution in [0.25, 0.3) is 77.1 Å². The fourth-order valence-electron chi connectivity index (χ4n) is 8.72. The number of rotatable bonds is 4. The van der Waals surface area contributed by atoms with Crippen molar-refractivity contribution >= 4 is 55.0 Å². The molecule has 2 aromatic heterocycles. The van der Waals surface area contributed by atoms with E-state index in [9.17, 15) is 0 Å². The van der Waals surface area contributed by atoms with E-state index in [1.807, 2.05) is 0 Å². The van der Waals surface area contributed by atoms with Crippen LogP contribution in [0.1, 0.15) is 12.0 Å². The van der Waals surface area contributed by atoms with Crippen molar-refractivity contribution in [1.29, 1.82) is 0 Å². The van der Waals surface area contributed by atoms with Crippen LogP contribution in [0.2, 0.25) is 0 Å². The molecular weight excluding hydrogens is 655 g/mol. The predicted octanol–water partition coefficient (Wildman–Crippen LogP) is 13.0. The van der Waals surface area contributed by atoms with Gasteiger partial charge in [0.15, 0.2) is 0 Å². The number of fused-ring (bicyclic) bond motifs is 7. The fraction of sp³-hybridized carbons (Fsp3) is 0.0392. The van der Waals surface area contributed by atoms with Gasteiger partial charge in [-0.1, -0.05) is 133 Å². The molecule has 54 heavy (non-hydrogen) atoms. The summed E-state index contributed by atoms with van der Waals surface area (Å²) in [7, 11) is 0. The lowest BCUT2D eigenvalue weighted by Gasteiger charge is -2.27. The maximum absolute atomic E-state index is 5.37. The first-order valence-corrected chi connectivity index (χ1v) is 18.7. The Kier molecular flexibility index (Phi) is 6.99. The number of benzene rings is 7. The third-order valence-electron chi connectivity index (χ3n) is 11.3. The second-order valence-electron chi connectivity index (χ2n) is 14.3. The quantitative estimate of drug-likeness (QED) is 0.176. The number of aromatic nitrogens is 2. The Morgan fingerprint density at radius 1 is 0.444 bits per heavy atom. The van der Waals surface area contributed by atoms with Crippen LogP contribution in [-0.4, -0.2) is 15.0 Å². The smallest absolute Gasteiger partial charge is 0.138 e. The second-order valence-corrected chi connectivity index (χ2v) is 14.3. The maximum Gasteiger partial charge on any atom is 0.138 e. The number of allylic oxidation sites excluding steroid dienone is 5. The summed E-state index contributed by atoms with van der Waals surface area (Å²) in [4.78, 5) is 5.37. The van der Waals surface area contributed by atoms with Crippen LogP contribution in [0.5, 0.6) is 0 Å². The van der Waals surface area contributed by atoms with E-state index in [2.05, 4.69) is 203 Å². The molecule has 7 aromatic carbocycles. The number of hydrogen-bond donors (Lipinski definition) is 0. The van der Waals surface area contributed by atoms with E-state index in [0.717, 1.165) is 29.0 Å². The van der Waals surface area contributed by atoms with Crippen molar-refractivity contribution in [3.8, 4) is 27.9 Å². The Morgan fingerprint density at radius 3 is 1.65 bits per heavy atom. The van der Waals surface area contributed by atoms with Gasteiger partial charge in [0.05, 0.1) is 27.8 Å². The molecule has 3 nitrogen and oxygen atoms in total. The topological polar surface area (TPSA) is 22.2 Å². The molecule has 1 unspecified atom stereocenters. The highest BCUT2D eigenvalue weighted by molar-refractivity contribution is 6.19. The average Bonchev–Trinajstić information content (AvgIpc) is 3.76. The molecule has 3 heterocycles. The number of nitrogens with zero attached hydrogens (tertiary/aromatic N) is 3. The molecule has 3 heteroatoms. The minimum absolute atomic E-state index is 0.226. The second kappa shape index (κ2) is 12.3. The SMILES string of the molecule is C1=CCC2C(=C1)N=C(n1c3ccccc3c3cc(-c4ccc5c(c4)c4ccccc4n5-c4ccccc4)ccc31)C=C2c1ccc(-c2ccccc2)cc1. The van der Waals surface area contributed by atoms with Gasteiger partial charge in [-0.05, 0) is 100 Å². The number of aliphatic imine (C=N–C) groups is 1. The van der Waals surface area contributed by atoms with Crippen LogP contribution < -0.4 is 0 Å². The van der Waals surface area contributed by atoms with Gasteiger partial charge in [-0.2, -0.15) is 0 Å². The van der Waals surface area contributed by atoms with Gasteiger partial charge in [0.2, 0.25) is 0 Å². The lowest BCUT2D eigenvalue weighted by atomic mass is 9.83. The van der Waals surface area contributed by atoms with Gasteiger partial charge in [-0.25, -0.2) is 4.99 Å². The Labute approximate surface area is 313 Å². The molecule has 11 rings (SSSR count). The van der Waals surface area contributed by atoms with E-state index in [-0.39, 0.29) is 5.92 Å².